The van der Waals surface area contributed by atoms with Crippen LogP contribution in [0, 0.1) is 11.8 Å². The lowest BCUT2D eigenvalue weighted by Gasteiger charge is -2.30. The van der Waals surface area contributed by atoms with Crippen molar-refractivity contribution in [3.63, 3.8) is 0 Å². The van der Waals surface area contributed by atoms with Crippen LogP contribution in [0.2, 0.25) is 0 Å². The van der Waals surface area contributed by atoms with E-state index in [1.807, 2.05) is 99.6 Å². The minimum Gasteiger partial charge on any atom is -0.491 e. The molecule has 0 spiro atoms. The van der Waals surface area contributed by atoms with Gasteiger partial charge in [-0.15, -0.1) is 11.3 Å². The second-order valence-electron chi connectivity index (χ2n) is 11.5. The van der Waals surface area contributed by atoms with Gasteiger partial charge in [-0.3, -0.25) is 19.7 Å². The Morgan fingerprint density at radius 2 is 1.77 bits per heavy atom. The number of benzene rings is 3. The summed E-state index contributed by atoms with van der Waals surface area (Å²) < 4.78 is 7.41. The van der Waals surface area contributed by atoms with E-state index in [-0.39, 0.29) is 23.2 Å². The summed E-state index contributed by atoms with van der Waals surface area (Å²) in [6.45, 7) is 7.39. The van der Waals surface area contributed by atoms with E-state index in [9.17, 15) is 9.90 Å². The summed E-state index contributed by atoms with van der Waals surface area (Å²) in [6.07, 6.45) is 3.33. The maximum absolute atomic E-state index is 14.4. The predicted molar refractivity (Wildman–Crippen MR) is 186 cm³/mol. The molecule has 3 aromatic carbocycles. The molecular weight excluding hydrogens is 609 g/mol. The van der Waals surface area contributed by atoms with E-state index in [4.69, 9.17) is 15.5 Å². The molecule has 3 aromatic heterocycles. The van der Waals surface area contributed by atoms with Crippen molar-refractivity contribution >= 4 is 27.9 Å². The predicted octanol–water partition coefficient (Wildman–Crippen LogP) is 6.19. The highest BCUT2D eigenvalue weighted by atomic mass is 32.1. The highest BCUT2D eigenvalue weighted by molar-refractivity contribution is 7.10. The summed E-state index contributed by atoms with van der Waals surface area (Å²) in [5.74, 6) is 7.12. The Labute approximate surface area is 276 Å². The van der Waals surface area contributed by atoms with Crippen LogP contribution in [0.25, 0.3) is 27.7 Å². The Hall–Kier alpha value is -5.34. The van der Waals surface area contributed by atoms with Crippen LogP contribution in [0.15, 0.2) is 102 Å². The Morgan fingerprint density at radius 3 is 2.47 bits per heavy atom. The summed E-state index contributed by atoms with van der Waals surface area (Å²) in [6, 6.07) is 23.9. The molecule has 0 amide bonds. The number of nitrogen functional groups attached to an aromatic ring is 1. The average molecular weight is 643 g/mol. The third-order valence-electron chi connectivity index (χ3n) is 7.57. The SMILES string of the molecule is CC(C)Oc1ccc(-c2cnc(N)c(C(C)(O)N[C@@H](C)c3cc4cccc(C#Cc5cncs5)c4c(=O)n3-c3ccccc3)n2)cc1. The quantitative estimate of drug-likeness (QED) is 0.133. The van der Waals surface area contributed by atoms with Gasteiger partial charge < -0.3 is 15.6 Å². The van der Waals surface area contributed by atoms with Gasteiger partial charge >= 0.3 is 0 Å². The molecule has 0 saturated carbocycles. The van der Waals surface area contributed by atoms with Crippen LogP contribution in [0.4, 0.5) is 5.82 Å². The van der Waals surface area contributed by atoms with Crippen molar-refractivity contribution in [3.05, 3.63) is 129 Å². The number of nitrogens with two attached hydrogens (primary N) is 1. The van der Waals surface area contributed by atoms with Gasteiger partial charge in [-0.05, 0) is 87.5 Å². The molecular formula is C37H34N6O3S. The number of nitrogens with one attached hydrogen (secondary N) is 1. The number of aromatic nitrogens is 4. The summed E-state index contributed by atoms with van der Waals surface area (Å²) in [5.41, 5.74) is 9.49. The van der Waals surface area contributed by atoms with Gasteiger partial charge in [0.15, 0.2) is 5.72 Å². The number of para-hydroxylation sites is 1. The van der Waals surface area contributed by atoms with E-state index in [0.717, 1.165) is 21.6 Å². The van der Waals surface area contributed by atoms with Gasteiger partial charge in [-0.1, -0.05) is 36.3 Å². The molecule has 3 heterocycles. The lowest BCUT2D eigenvalue weighted by molar-refractivity contribution is 0.00507. The van der Waals surface area contributed by atoms with E-state index in [1.54, 1.807) is 29.4 Å². The normalized spacial score (nSPS) is 13.1. The van der Waals surface area contributed by atoms with Gasteiger partial charge in [0.2, 0.25) is 0 Å². The number of rotatable bonds is 8. The fraction of sp³-hybridized carbons (Fsp3) is 0.189. The topological polar surface area (TPSA) is 128 Å². The molecule has 4 N–H and O–H groups in total. The smallest absolute Gasteiger partial charge is 0.264 e. The molecule has 0 aliphatic rings. The first-order valence-corrected chi connectivity index (χ1v) is 16.0. The molecule has 2 atom stereocenters. The monoisotopic (exact) mass is 642 g/mol. The van der Waals surface area contributed by atoms with Crippen LogP contribution in [-0.4, -0.2) is 30.7 Å². The number of aliphatic hydroxyl groups is 1. The first-order chi connectivity index (χ1) is 22.6. The second-order valence-corrected chi connectivity index (χ2v) is 12.4. The summed E-state index contributed by atoms with van der Waals surface area (Å²) in [4.78, 5) is 28.3. The lowest BCUT2D eigenvalue weighted by Crippen LogP contribution is -2.43. The summed E-state index contributed by atoms with van der Waals surface area (Å²) in [7, 11) is 0. The third-order valence-corrected chi connectivity index (χ3v) is 8.26. The van der Waals surface area contributed by atoms with Gasteiger partial charge in [0, 0.05) is 28.6 Å². The van der Waals surface area contributed by atoms with Crippen LogP contribution in [0.3, 0.4) is 0 Å². The highest BCUT2D eigenvalue weighted by Gasteiger charge is 2.32. The molecule has 0 bridgehead atoms. The Balaban J connectivity index is 1.40. The van der Waals surface area contributed by atoms with E-state index in [2.05, 4.69) is 27.1 Å². The largest absolute Gasteiger partial charge is 0.491 e. The van der Waals surface area contributed by atoms with Crippen LogP contribution in [0.1, 0.15) is 55.6 Å². The minimum atomic E-state index is -1.72. The number of thiazole rings is 1. The van der Waals surface area contributed by atoms with Crippen LogP contribution in [-0.2, 0) is 5.72 Å². The van der Waals surface area contributed by atoms with Gasteiger partial charge in [-0.25, -0.2) is 9.97 Å². The van der Waals surface area contributed by atoms with Gasteiger partial charge in [-0.2, -0.15) is 0 Å². The molecule has 0 aliphatic heterocycles. The maximum Gasteiger partial charge on any atom is 0.264 e. The average Bonchev–Trinajstić information content (AvgIpc) is 3.58. The van der Waals surface area contributed by atoms with Crippen LogP contribution >= 0.6 is 11.3 Å². The van der Waals surface area contributed by atoms with E-state index >= 15 is 0 Å². The van der Waals surface area contributed by atoms with Gasteiger partial charge in [0.05, 0.1) is 40.0 Å². The van der Waals surface area contributed by atoms with E-state index in [1.165, 1.54) is 11.3 Å². The minimum absolute atomic E-state index is 0.0534. The highest BCUT2D eigenvalue weighted by Crippen LogP contribution is 2.30. The van der Waals surface area contributed by atoms with Crippen LogP contribution in [0.5, 0.6) is 5.75 Å². The molecule has 0 radical (unpaired) electrons. The first kappa shape index (κ1) is 31.6. The van der Waals surface area contributed by atoms with Crippen molar-refractivity contribution in [2.45, 2.75) is 45.6 Å². The van der Waals surface area contributed by atoms with Gasteiger partial charge in [0.1, 0.15) is 17.3 Å². The van der Waals surface area contributed by atoms with E-state index in [0.29, 0.717) is 28.0 Å². The third kappa shape index (κ3) is 6.78. The fourth-order valence-corrected chi connectivity index (χ4v) is 5.96. The number of nitrogens with zero attached hydrogens (tertiary/aromatic N) is 4. The zero-order valence-corrected chi connectivity index (χ0v) is 27.2. The van der Waals surface area contributed by atoms with E-state index < -0.39 is 11.8 Å². The Morgan fingerprint density at radius 1 is 1.00 bits per heavy atom. The number of fused-ring (bicyclic) bond motifs is 1. The Bertz CT molecular complexity index is 2150. The molecule has 10 heteroatoms. The molecule has 6 aromatic rings. The maximum atomic E-state index is 14.4. The summed E-state index contributed by atoms with van der Waals surface area (Å²) in [5, 5.41) is 16.3. The van der Waals surface area contributed by atoms with Gasteiger partial charge in [0.25, 0.3) is 5.56 Å². The molecule has 0 saturated heterocycles. The number of ether oxygens (including phenoxy) is 1. The standard InChI is InChI=1S/C37H34N6O3S/c1-23(2)46-29-16-13-25(14-17-29)31-21-40-35(38)34(41-31)37(4,45)42-24(3)32-19-27-10-8-9-26(15-18-30-20-39-22-47-30)33(27)36(44)43(32)28-11-6-5-7-12-28/h5-14,16-17,19-24,42,45H,1-4H3,(H2,38,40)/t24-,37?/m0/s1. The van der Waals surface area contributed by atoms with Crippen molar-refractivity contribution < 1.29 is 9.84 Å². The van der Waals surface area contributed by atoms with Crippen molar-refractivity contribution in [1.82, 2.24) is 24.8 Å². The number of pyridine rings is 1. The molecule has 6 rings (SSSR count). The van der Waals surface area contributed by atoms with Crippen LogP contribution < -0.4 is 21.3 Å². The van der Waals surface area contributed by atoms with Crippen molar-refractivity contribution in [1.29, 1.82) is 0 Å². The first-order valence-electron chi connectivity index (χ1n) is 15.2. The van der Waals surface area contributed by atoms with Crippen molar-refractivity contribution in [3.8, 4) is 34.5 Å². The molecule has 9 nitrogen and oxygen atoms in total. The zero-order valence-electron chi connectivity index (χ0n) is 26.4. The number of hydrogen-bond donors (Lipinski definition) is 3. The summed E-state index contributed by atoms with van der Waals surface area (Å²) >= 11 is 1.44. The lowest BCUT2D eigenvalue weighted by atomic mass is 10.0. The number of anilines is 1. The molecule has 236 valence electrons. The zero-order chi connectivity index (χ0) is 33.1. The fourth-order valence-electron chi connectivity index (χ4n) is 5.49. The number of hydrogen-bond acceptors (Lipinski definition) is 9. The molecule has 47 heavy (non-hydrogen) atoms. The van der Waals surface area contributed by atoms with Crippen molar-refractivity contribution in [2.75, 3.05) is 5.73 Å². The molecule has 1 unspecified atom stereocenters. The Kier molecular flexibility index (Phi) is 8.87. The van der Waals surface area contributed by atoms with Crippen molar-refractivity contribution in [2.24, 2.45) is 0 Å². The molecule has 0 aliphatic carbocycles. The second kappa shape index (κ2) is 13.2. The molecule has 0 fully saturated rings.